The molecule has 0 aliphatic rings. The van der Waals surface area contributed by atoms with Gasteiger partial charge in [0.15, 0.2) is 0 Å². The van der Waals surface area contributed by atoms with Crippen LogP contribution in [0.15, 0.2) is 67.4 Å². The minimum absolute atomic E-state index is 0.242. The molecule has 0 fully saturated rings. The molecule has 0 spiro atoms. The van der Waals surface area contributed by atoms with Gasteiger partial charge in [0, 0.05) is 29.8 Å². The summed E-state index contributed by atoms with van der Waals surface area (Å²) in [7, 11) is 0. The Morgan fingerprint density at radius 3 is 2.62 bits per heavy atom. The summed E-state index contributed by atoms with van der Waals surface area (Å²) in [4.78, 5) is 24.0. The van der Waals surface area contributed by atoms with Gasteiger partial charge in [-0.25, -0.2) is 9.97 Å². The van der Waals surface area contributed by atoms with Gasteiger partial charge in [-0.15, -0.1) is 0 Å². The maximum Gasteiger partial charge on any atom is 0.258 e. The molecule has 3 rings (SSSR count). The predicted molar refractivity (Wildman–Crippen MR) is 79.7 cm³/mol. The lowest BCUT2D eigenvalue weighted by Crippen LogP contribution is -2.12. The van der Waals surface area contributed by atoms with Crippen molar-refractivity contribution in [3.63, 3.8) is 0 Å². The molecule has 1 N–H and O–H groups in total. The quantitative estimate of drug-likeness (QED) is 0.798. The van der Waals surface area contributed by atoms with Crippen molar-refractivity contribution in [2.24, 2.45) is 0 Å². The molecule has 0 bridgehead atoms. The summed E-state index contributed by atoms with van der Waals surface area (Å²) in [5.41, 5.74) is 2.92. The van der Waals surface area contributed by atoms with Crippen LogP contribution >= 0.6 is 0 Å². The molecular weight excluding hydrogens is 264 g/mol. The van der Waals surface area contributed by atoms with Crippen LogP contribution in [-0.2, 0) is 0 Å². The first-order chi connectivity index (χ1) is 10.3. The van der Waals surface area contributed by atoms with E-state index in [1.54, 1.807) is 6.20 Å². The van der Waals surface area contributed by atoms with E-state index in [1.807, 2.05) is 42.5 Å². The Hall–Kier alpha value is -3.08. The number of nitrogens with one attached hydrogen (secondary N) is 1. The predicted octanol–water partition coefficient (Wildman–Crippen LogP) is 2.79. The molecule has 3 aromatic rings. The lowest BCUT2D eigenvalue weighted by molar-refractivity contribution is 0.102. The Morgan fingerprint density at radius 2 is 1.86 bits per heavy atom. The average molecular weight is 276 g/mol. The number of nitrogens with zero attached hydrogens (tertiary/aromatic N) is 3. The van der Waals surface area contributed by atoms with Gasteiger partial charge in [-0.3, -0.25) is 9.78 Å². The number of aromatic nitrogens is 3. The lowest BCUT2D eigenvalue weighted by Gasteiger charge is -2.07. The summed E-state index contributed by atoms with van der Waals surface area (Å²) >= 11 is 0. The Bertz CT molecular complexity index is 744. The summed E-state index contributed by atoms with van der Waals surface area (Å²) in [5, 5.41) is 2.82. The van der Waals surface area contributed by atoms with Crippen LogP contribution in [0.5, 0.6) is 0 Å². The van der Waals surface area contributed by atoms with Crippen LogP contribution in [0.2, 0.25) is 0 Å². The third-order valence-corrected chi connectivity index (χ3v) is 2.90. The molecule has 1 amide bonds. The zero-order chi connectivity index (χ0) is 14.5. The molecule has 2 aromatic heterocycles. The Balaban J connectivity index is 1.83. The highest BCUT2D eigenvalue weighted by atomic mass is 16.1. The number of pyridine rings is 1. The van der Waals surface area contributed by atoms with E-state index >= 15 is 0 Å². The van der Waals surface area contributed by atoms with E-state index in [2.05, 4.69) is 20.3 Å². The highest BCUT2D eigenvalue weighted by Gasteiger charge is 2.07. The van der Waals surface area contributed by atoms with Crippen LogP contribution in [0.1, 0.15) is 10.4 Å². The molecule has 2 heterocycles. The van der Waals surface area contributed by atoms with E-state index in [0.717, 1.165) is 11.3 Å². The summed E-state index contributed by atoms with van der Waals surface area (Å²) in [6.45, 7) is 0. The molecule has 5 nitrogen and oxygen atoms in total. The van der Waals surface area contributed by atoms with Crippen LogP contribution in [0, 0.1) is 0 Å². The molecule has 0 aliphatic carbocycles. The Kier molecular flexibility index (Phi) is 3.64. The number of benzene rings is 1. The molecule has 0 aliphatic heterocycles. The van der Waals surface area contributed by atoms with E-state index < -0.39 is 0 Å². The number of carbonyl (C=O) groups is 1. The van der Waals surface area contributed by atoms with E-state index in [0.29, 0.717) is 11.3 Å². The van der Waals surface area contributed by atoms with Gasteiger partial charge in [-0.1, -0.05) is 18.2 Å². The number of hydrogen-bond donors (Lipinski definition) is 1. The average Bonchev–Trinajstić information content (AvgIpc) is 2.57. The zero-order valence-electron chi connectivity index (χ0n) is 11.1. The van der Waals surface area contributed by atoms with Gasteiger partial charge in [0.05, 0.1) is 11.3 Å². The molecular formula is C16H12N4O. The van der Waals surface area contributed by atoms with Crippen LogP contribution in [0.25, 0.3) is 11.3 Å². The van der Waals surface area contributed by atoms with Gasteiger partial charge in [0.1, 0.15) is 6.33 Å². The topological polar surface area (TPSA) is 67.8 Å². The maximum absolute atomic E-state index is 12.1. The van der Waals surface area contributed by atoms with Crippen molar-refractivity contribution in [1.29, 1.82) is 0 Å². The summed E-state index contributed by atoms with van der Waals surface area (Å²) in [5.74, 6) is -0.242. The lowest BCUT2D eigenvalue weighted by atomic mass is 10.1. The van der Waals surface area contributed by atoms with Crippen molar-refractivity contribution in [3.8, 4) is 11.3 Å². The molecule has 0 radical (unpaired) electrons. The van der Waals surface area contributed by atoms with E-state index in [4.69, 9.17) is 0 Å². The molecule has 0 atom stereocenters. The molecule has 21 heavy (non-hydrogen) atoms. The van der Waals surface area contributed by atoms with Gasteiger partial charge in [0.25, 0.3) is 5.91 Å². The summed E-state index contributed by atoms with van der Waals surface area (Å²) < 4.78 is 0. The molecule has 0 saturated heterocycles. The van der Waals surface area contributed by atoms with Crippen LogP contribution < -0.4 is 5.32 Å². The van der Waals surface area contributed by atoms with Crippen LogP contribution in [0.4, 0.5) is 5.69 Å². The van der Waals surface area contributed by atoms with Crippen molar-refractivity contribution in [3.05, 3.63) is 72.9 Å². The number of hydrogen-bond acceptors (Lipinski definition) is 4. The summed E-state index contributed by atoms with van der Waals surface area (Å²) in [6.07, 6.45) is 6.08. The highest BCUT2D eigenvalue weighted by Crippen LogP contribution is 2.20. The number of amides is 1. The zero-order valence-corrected chi connectivity index (χ0v) is 11.1. The third kappa shape index (κ3) is 3.09. The Morgan fingerprint density at radius 1 is 1.00 bits per heavy atom. The first-order valence-electron chi connectivity index (χ1n) is 6.41. The van der Waals surface area contributed by atoms with Gasteiger partial charge < -0.3 is 5.32 Å². The molecule has 1 aromatic carbocycles. The highest BCUT2D eigenvalue weighted by molar-refractivity contribution is 6.04. The van der Waals surface area contributed by atoms with Gasteiger partial charge >= 0.3 is 0 Å². The van der Waals surface area contributed by atoms with E-state index in [1.165, 1.54) is 18.7 Å². The fourth-order valence-corrected chi connectivity index (χ4v) is 1.91. The van der Waals surface area contributed by atoms with Crippen LogP contribution in [0.3, 0.4) is 0 Å². The van der Waals surface area contributed by atoms with E-state index in [-0.39, 0.29) is 5.91 Å². The van der Waals surface area contributed by atoms with Gasteiger partial charge in [-0.2, -0.15) is 0 Å². The van der Waals surface area contributed by atoms with Crippen LogP contribution in [-0.4, -0.2) is 20.9 Å². The molecule has 0 unspecified atom stereocenters. The van der Waals surface area contributed by atoms with Crippen molar-refractivity contribution < 1.29 is 4.79 Å². The molecule has 5 heteroatoms. The first kappa shape index (κ1) is 12.9. The smallest absolute Gasteiger partial charge is 0.258 e. The first-order valence-corrected chi connectivity index (χ1v) is 6.41. The van der Waals surface area contributed by atoms with Gasteiger partial charge in [-0.05, 0) is 24.3 Å². The number of carbonyl (C=O) groups excluding carboxylic acids is 1. The monoisotopic (exact) mass is 276 g/mol. The second-order valence-electron chi connectivity index (χ2n) is 4.38. The minimum atomic E-state index is -0.242. The third-order valence-electron chi connectivity index (χ3n) is 2.90. The SMILES string of the molecule is O=C(Nc1cccc(-c2ccccn2)c1)c1cncnc1. The van der Waals surface area contributed by atoms with Crippen molar-refractivity contribution >= 4 is 11.6 Å². The second-order valence-corrected chi connectivity index (χ2v) is 4.38. The normalized spacial score (nSPS) is 10.1. The maximum atomic E-state index is 12.1. The minimum Gasteiger partial charge on any atom is -0.322 e. The summed E-state index contributed by atoms with van der Waals surface area (Å²) in [6, 6.07) is 13.2. The second kappa shape index (κ2) is 5.92. The molecule has 0 saturated carbocycles. The van der Waals surface area contributed by atoms with Crippen molar-refractivity contribution in [2.75, 3.05) is 5.32 Å². The van der Waals surface area contributed by atoms with Gasteiger partial charge in [0.2, 0.25) is 0 Å². The number of anilines is 1. The van der Waals surface area contributed by atoms with Crippen molar-refractivity contribution in [2.45, 2.75) is 0 Å². The fourth-order valence-electron chi connectivity index (χ4n) is 1.91. The van der Waals surface area contributed by atoms with Crippen molar-refractivity contribution in [1.82, 2.24) is 15.0 Å². The largest absolute Gasteiger partial charge is 0.322 e. The Labute approximate surface area is 121 Å². The molecule has 102 valence electrons. The standard InChI is InChI=1S/C16H12N4O/c21-16(13-9-17-11-18-10-13)20-14-5-3-4-12(8-14)15-6-1-2-7-19-15/h1-11H,(H,20,21). The number of rotatable bonds is 3. The fraction of sp³-hybridized carbons (Fsp3) is 0. The van der Waals surface area contributed by atoms with E-state index in [9.17, 15) is 4.79 Å².